The first kappa shape index (κ1) is 22.0. The Labute approximate surface area is 160 Å². The summed E-state index contributed by atoms with van der Waals surface area (Å²) in [6, 6.07) is 3.12. The van der Waals surface area contributed by atoms with Crippen molar-refractivity contribution in [3.05, 3.63) is 28.5 Å². The minimum Gasteiger partial charge on any atom is -0.465 e. The fraction of sp³-hybridized carbons (Fsp3) is 0.500. The highest BCUT2D eigenvalue weighted by molar-refractivity contribution is 9.10. The number of carbonyl (C=O) groups excluding carboxylic acids is 4. The number of nitrogens with zero attached hydrogens (tertiary/aromatic N) is 1. The molecular weight excluding hydrogens is 406 g/mol. The number of Topliss-reactive ketones (excluding diaryl/α,β-unsaturated/α-hetero) is 2. The van der Waals surface area contributed by atoms with Gasteiger partial charge in [-0.1, -0.05) is 0 Å². The van der Waals surface area contributed by atoms with Crippen molar-refractivity contribution < 1.29 is 28.7 Å². The van der Waals surface area contributed by atoms with Crippen LogP contribution in [-0.4, -0.2) is 41.7 Å². The number of pyridine rings is 1. The lowest BCUT2D eigenvalue weighted by molar-refractivity contribution is -0.157. The van der Waals surface area contributed by atoms with E-state index < -0.39 is 41.3 Å². The first-order chi connectivity index (χ1) is 12.2. The van der Waals surface area contributed by atoms with Crippen LogP contribution >= 0.6 is 15.9 Å². The van der Waals surface area contributed by atoms with Crippen LogP contribution in [0.2, 0.25) is 0 Å². The molecule has 0 aliphatic heterocycles. The number of aromatic nitrogens is 1. The van der Waals surface area contributed by atoms with Gasteiger partial charge in [0, 0.05) is 12.1 Å². The van der Waals surface area contributed by atoms with Crippen LogP contribution in [0.3, 0.4) is 0 Å². The molecule has 7 nitrogen and oxygen atoms in total. The summed E-state index contributed by atoms with van der Waals surface area (Å²) in [5.41, 5.74) is 0.438. The second-order valence-electron chi connectivity index (χ2n) is 5.62. The topological polar surface area (TPSA) is 99.6 Å². The summed E-state index contributed by atoms with van der Waals surface area (Å²) in [5, 5.41) is 0. The summed E-state index contributed by atoms with van der Waals surface area (Å²) >= 11 is 3.23. The molecule has 142 valence electrons. The third-order valence-corrected chi connectivity index (χ3v) is 4.24. The predicted octanol–water partition coefficient (Wildman–Crippen LogP) is 2.46. The Hall–Kier alpha value is -2.09. The van der Waals surface area contributed by atoms with Crippen LogP contribution < -0.4 is 0 Å². The Balaban J connectivity index is 3.58. The fourth-order valence-electron chi connectivity index (χ4n) is 2.80. The molecular formula is C18H22BrNO6. The van der Waals surface area contributed by atoms with Gasteiger partial charge in [-0.05, 0) is 61.3 Å². The molecule has 0 aliphatic rings. The molecule has 0 bridgehead atoms. The van der Waals surface area contributed by atoms with Gasteiger partial charge in [-0.2, -0.15) is 0 Å². The van der Waals surface area contributed by atoms with Crippen molar-refractivity contribution >= 4 is 39.4 Å². The molecule has 2 unspecified atom stereocenters. The van der Waals surface area contributed by atoms with E-state index >= 15 is 0 Å². The molecule has 1 aromatic heterocycles. The Morgan fingerprint density at radius 1 is 1.00 bits per heavy atom. The molecule has 26 heavy (non-hydrogen) atoms. The maximum atomic E-state index is 12.5. The number of rotatable bonds is 9. The van der Waals surface area contributed by atoms with Crippen molar-refractivity contribution in [3.63, 3.8) is 0 Å². The molecule has 1 rings (SSSR count). The Morgan fingerprint density at radius 2 is 1.46 bits per heavy atom. The van der Waals surface area contributed by atoms with Crippen LogP contribution in [0.15, 0.2) is 22.9 Å². The lowest BCUT2D eigenvalue weighted by atomic mass is 9.74. The zero-order chi connectivity index (χ0) is 19.9. The maximum Gasteiger partial charge on any atom is 0.317 e. The zero-order valence-corrected chi connectivity index (χ0v) is 16.7. The second-order valence-corrected chi connectivity index (χ2v) is 6.43. The van der Waals surface area contributed by atoms with Gasteiger partial charge in [-0.3, -0.25) is 19.2 Å². The molecule has 2 atom stereocenters. The monoisotopic (exact) mass is 427 g/mol. The minimum atomic E-state index is -1.32. The highest BCUT2D eigenvalue weighted by Crippen LogP contribution is 2.36. The van der Waals surface area contributed by atoms with Crippen molar-refractivity contribution in [3.8, 4) is 0 Å². The van der Waals surface area contributed by atoms with E-state index in [-0.39, 0.29) is 13.2 Å². The standard InChI is InChI=1S/C18H22BrNO6/c1-5-25-17(23)14(10(3)21)16(12-7-8-20-13(19)9-12)15(11(4)22)18(24)26-6-2/h7-9,14-16H,5-6H2,1-4H3. The van der Waals surface area contributed by atoms with Crippen molar-refractivity contribution in [2.75, 3.05) is 13.2 Å². The average molecular weight is 428 g/mol. The normalized spacial score (nSPS) is 14.0. The van der Waals surface area contributed by atoms with E-state index in [1.165, 1.54) is 20.0 Å². The van der Waals surface area contributed by atoms with Gasteiger partial charge in [0.2, 0.25) is 0 Å². The maximum absolute atomic E-state index is 12.5. The van der Waals surface area contributed by atoms with Gasteiger partial charge in [-0.15, -0.1) is 0 Å². The number of ketones is 2. The average Bonchev–Trinajstić information content (AvgIpc) is 2.54. The summed E-state index contributed by atoms with van der Waals surface area (Å²) in [5.74, 6) is -6.26. The largest absolute Gasteiger partial charge is 0.465 e. The number of hydrogen-bond donors (Lipinski definition) is 0. The van der Waals surface area contributed by atoms with Crippen molar-refractivity contribution in [2.45, 2.75) is 33.6 Å². The number of ether oxygens (including phenoxy) is 2. The quantitative estimate of drug-likeness (QED) is 0.338. The summed E-state index contributed by atoms with van der Waals surface area (Å²) in [6.45, 7) is 5.82. The molecule has 0 amide bonds. The summed E-state index contributed by atoms with van der Waals surface area (Å²) in [7, 11) is 0. The van der Waals surface area contributed by atoms with Gasteiger partial charge in [0.25, 0.3) is 0 Å². The van der Waals surface area contributed by atoms with E-state index in [0.29, 0.717) is 10.2 Å². The lowest BCUT2D eigenvalue weighted by Crippen LogP contribution is -2.40. The first-order valence-corrected chi connectivity index (χ1v) is 8.99. The highest BCUT2D eigenvalue weighted by atomic mass is 79.9. The molecule has 0 aliphatic carbocycles. The third kappa shape index (κ3) is 5.45. The van der Waals surface area contributed by atoms with Gasteiger partial charge in [0.15, 0.2) is 0 Å². The second kappa shape index (κ2) is 10.2. The van der Waals surface area contributed by atoms with E-state index in [4.69, 9.17) is 9.47 Å². The van der Waals surface area contributed by atoms with Gasteiger partial charge in [0.1, 0.15) is 28.0 Å². The van der Waals surface area contributed by atoms with Crippen LogP contribution in [-0.2, 0) is 28.7 Å². The van der Waals surface area contributed by atoms with Crippen molar-refractivity contribution in [1.29, 1.82) is 0 Å². The fourth-order valence-corrected chi connectivity index (χ4v) is 3.18. The van der Waals surface area contributed by atoms with Gasteiger partial charge >= 0.3 is 11.9 Å². The number of carbonyl (C=O) groups is 4. The first-order valence-electron chi connectivity index (χ1n) is 8.20. The van der Waals surface area contributed by atoms with Gasteiger partial charge in [-0.25, -0.2) is 4.98 Å². The summed E-state index contributed by atoms with van der Waals surface area (Å²) in [6.07, 6.45) is 1.46. The highest BCUT2D eigenvalue weighted by Gasteiger charge is 2.45. The van der Waals surface area contributed by atoms with E-state index in [1.54, 1.807) is 26.0 Å². The molecule has 0 fully saturated rings. The molecule has 1 heterocycles. The number of hydrogen-bond acceptors (Lipinski definition) is 7. The molecule has 0 aromatic carbocycles. The van der Waals surface area contributed by atoms with Crippen molar-refractivity contribution in [1.82, 2.24) is 4.98 Å². The molecule has 0 saturated heterocycles. The summed E-state index contributed by atoms with van der Waals surface area (Å²) in [4.78, 5) is 53.5. The zero-order valence-electron chi connectivity index (χ0n) is 15.2. The molecule has 0 N–H and O–H groups in total. The van der Waals surface area contributed by atoms with Crippen LogP contribution in [0, 0.1) is 11.8 Å². The smallest absolute Gasteiger partial charge is 0.317 e. The van der Waals surface area contributed by atoms with Crippen LogP contribution in [0.4, 0.5) is 0 Å². The third-order valence-electron chi connectivity index (χ3n) is 3.81. The molecule has 1 aromatic rings. The predicted molar refractivity (Wildman–Crippen MR) is 96.3 cm³/mol. The number of esters is 2. The van der Waals surface area contributed by atoms with Gasteiger partial charge < -0.3 is 9.47 Å². The van der Waals surface area contributed by atoms with E-state index in [2.05, 4.69) is 20.9 Å². The Bertz CT molecular complexity index is 654. The minimum absolute atomic E-state index is 0.0690. The van der Waals surface area contributed by atoms with Crippen LogP contribution in [0.5, 0.6) is 0 Å². The molecule has 0 radical (unpaired) electrons. The lowest BCUT2D eigenvalue weighted by Gasteiger charge is -2.29. The van der Waals surface area contributed by atoms with E-state index in [1.807, 2.05) is 0 Å². The van der Waals surface area contributed by atoms with E-state index in [9.17, 15) is 19.2 Å². The summed E-state index contributed by atoms with van der Waals surface area (Å²) < 4.78 is 10.5. The van der Waals surface area contributed by atoms with Crippen molar-refractivity contribution in [2.24, 2.45) is 11.8 Å². The SMILES string of the molecule is CCOC(=O)C(C(C)=O)C(c1ccnc(Br)c1)C(C(C)=O)C(=O)OCC. The Morgan fingerprint density at radius 3 is 1.81 bits per heavy atom. The van der Waals surface area contributed by atoms with Crippen LogP contribution in [0.25, 0.3) is 0 Å². The van der Waals surface area contributed by atoms with Crippen LogP contribution in [0.1, 0.15) is 39.2 Å². The van der Waals surface area contributed by atoms with E-state index in [0.717, 1.165) is 0 Å². The molecule has 0 spiro atoms. The van der Waals surface area contributed by atoms with Gasteiger partial charge in [0.05, 0.1) is 13.2 Å². The molecule has 8 heteroatoms. The number of halogens is 1. The Kier molecular flexibility index (Phi) is 8.57. The molecule has 0 saturated carbocycles.